The quantitative estimate of drug-likeness (QED) is 0.807. The number of para-hydroxylation sites is 1. The summed E-state index contributed by atoms with van der Waals surface area (Å²) in [5.74, 6) is 1.11. The lowest BCUT2D eigenvalue weighted by Crippen LogP contribution is -2.30. The Kier molecular flexibility index (Phi) is 3.74. The number of benzene rings is 1. The van der Waals surface area contributed by atoms with Crippen LogP contribution in [0.4, 0.5) is 0 Å². The van der Waals surface area contributed by atoms with Gasteiger partial charge in [-0.1, -0.05) is 18.2 Å². The lowest BCUT2D eigenvalue weighted by atomic mass is 10.0. The van der Waals surface area contributed by atoms with Crippen molar-refractivity contribution in [2.75, 3.05) is 20.1 Å². The van der Waals surface area contributed by atoms with Gasteiger partial charge in [-0.2, -0.15) is 0 Å². The van der Waals surface area contributed by atoms with Gasteiger partial charge in [-0.25, -0.2) is 0 Å². The minimum absolute atomic E-state index is 0.0510. The largest absolute Gasteiger partial charge is 0.487 e. The number of fused-ring (bicyclic) bond motifs is 1. The Hall–Kier alpha value is -1.06. The summed E-state index contributed by atoms with van der Waals surface area (Å²) >= 11 is 0. The molecule has 1 N–H and O–H groups in total. The molecule has 0 radical (unpaired) electrons. The molecule has 0 spiro atoms. The maximum atomic E-state index is 6.10. The van der Waals surface area contributed by atoms with Crippen LogP contribution in [0.2, 0.25) is 0 Å². The van der Waals surface area contributed by atoms with E-state index in [0.717, 1.165) is 37.8 Å². The molecule has 3 heteroatoms. The second kappa shape index (κ2) is 5.38. The molecule has 1 aliphatic heterocycles. The first-order chi connectivity index (χ1) is 9.55. The average molecular weight is 274 g/mol. The zero-order valence-corrected chi connectivity index (χ0v) is 12.9. The van der Waals surface area contributed by atoms with Gasteiger partial charge in [0.05, 0.1) is 0 Å². The van der Waals surface area contributed by atoms with Crippen LogP contribution in [0, 0.1) is 0 Å². The maximum Gasteiger partial charge on any atom is 0.127 e. The van der Waals surface area contributed by atoms with E-state index in [9.17, 15) is 0 Å². The smallest absolute Gasteiger partial charge is 0.127 e. The molecule has 0 amide bonds. The van der Waals surface area contributed by atoms with Gasteiger partial charge >= 0.3 is 0 Å². The fraction of sp³-hybridized carbons (Fsp3) is 0.647. The van der Waals surface area contributed by atoms with Gasteiger partial charge in [0.25, 0.3) is 0 Å². The van der Waals surface area contributed by atoms with E-state index < -0.39 is 0 Å². The summed E-state index contributed by atoms with van der Waals surface area (Å²) in [6.45, 7) is 7.40. The number of hydrogen-bond donors (Lipinski definition) is 1. The number of ether oxygens (including phenoxy) is 1. The van der Waals surface area contributed by atoms with Crippen LogP contribution >= 0.6 is 0 Å². The summed E-state index contributed by atoms with van der Waals surface area (Å²) in [4.78, 5) is 2.46. The van der Waals surface area contributed by atoms with E-state index in [1.165, 1.54) is 24.0 Å². The molecule has 1 aromatic carbocycles. The van der Waals surface area contributed by atoms with Crippen molar-refractivity contribution in [1.29, 1.82) is 0 Å². The second-order valence-electron chi connectivity index (χ2n) is 6.83. The monoisotopic (exact) mass is 274 g/mol. The van der Waals surface area contributed by atoms with Crippen molar-refractivity contribution in [3.05, 3.63) is 29.3 Å². The van der Waals surface area contributed by atoms with E-state index in [1.54, 1.807) is 0 Å². The summed E-state index contributed by atoms with van der Waals surface area (Å²) in [7, 11) is 2.23. The molecular formula is C17H26N2O. The summed E-state index contributed by atoms with van der Waals surface area (Å²) in [6.07, 6.45) is 3.78. The third-order valence-corrected chi connectivity index (χ3v) is 4.30. The van der Waals surface area contributed by atoms with Crippen molar-refractivity contribution in [2.45, 2.75) is 51.3 Å². The highest BCUT2D eigenvalue weighted by Gasteiger charge is 2.31. The molecule has 20 heavy (non-hydrogen) atoms. The lowest BCUT2D eigenvalue weighted by Gasteiger charge is -2.19. The molecule has 0 unspecified atom stereocenters. The molecule has 0 aromatic heterocycles. The average Bonchev–Trinajstić information content (AvgIpc) is 3.17. The summed E-state index contributed by atoms with van der Waals surface area (Å²) in [5.41, 5.74) is 2.59. The Balaban J connectivity index is 1.52. The van der Waals surface area contributed by atoms with E-state index >= 15 is 0 Å². The van der Waals surface area contributed by atoms with Crippen LogP contribution in [0.25, 0.3) is 0 Å². The Morgan fingerprint density at radius 1 is 1.35 bits per heavy atom. The van der Waals surface area contributed by atoms with Gasteiger partial charge in [0.2, 0.25) is 0 Å². The fourth-order valence-corrected chi connectivity index (χ4v) is 2.99. The van der Waals surface area contributed by atoms with E-state index in [1.807, 2.05) is 0 Å². The number of rotatable bonds is 6. The minimum Gasteiger partial charge on any atom is -0.487 e. The highest BCUT2D eigenvalue weighted by molar-refractivity contribution is 5.45. The molecular weight excluding hydrogens is 248 g/mol. The third kappa shape index (κ3) is 3.15. The lowest BCUT2D eigenvalue weighted by molar-refractivity contribution is 0.137. The summed E-state index contributed by atoms with van der Waals surface area (Å²) in [6, 6.07) is 7.37. The minimum atomic E-state index is -0.0510. The normalized spacial score (nSPS) is 20.0. The van der Waals surface area contributed by atoms with Crippen molar-refractivity contribution in [3.8, 4) is 5.75 Å². The molecule has 1 aliphatic carbocycles. The van der Waals surface area contributed by atoms with Gasteiger partial charge in [-0.05, 0) is 39.3 Å². The van der Waals surface area contributed by atoms with Crippen LogP contribution < -0.4 is 10.1 Å². The predicted molar refractivity (Wildman–Crippen MR) is 82.2 cm³/mol. The Bertz CT molecular complexity index is 480. The van der Waals surface area contributed by atoms with Gasteiger partial charge < -0.3 is 15.0 Å². The van der Waals surface area contributed by atoms with Crippen LogP contribution in [0.5, 0.6) is 5.75 Å². The molecule has 110 valence electrons. The van der Waals surface area contributed by atoms with E-state index in [0.29, 0.717) is 0 Å². The van der Waals surface area contributed by atoms with Crippen molar-refractivity contribution in [2.24, 2.45) is 0 Å². The van der Waals surface area contributed by atoms with Crippen LogP contribution in [-0.4, -0.2) is 36.7 Å². The second-order valence-corrected chi connectivity index (χ2v) is 6.83. The first kappa shape index (κ1) is 13.9. The molecule has 0 saturated heterocycles. The zero-order chi connectivity index (χ0) is 14.2. The summed E-state index contributed by atoms with van der Waals surface area (Å²) < 4.78 is 6.10. The molecule has 1 saturated carbocycles. The van der Waals surface area contributed by atoms with Gasteiger partial charge in [0.1, 0.15) is 11.4 Å². The number of nitrogens with zero attached hydrogens (tertiary/aromatic N) is 1. The molecule has 1 aromatic rings. The number of hydrogen-bond acceptors (Lipinski definition) is 3. The Morgan fingerprint density at radius 2 is 2.15 bits per heavy atom. The van der Waals surface area contributed by atoms with Crippen LogP contribution in [-0.2, 0) is 13.0 Å². The van der Waals surface area contributed by atoms with Gasteiger partial charge in [-0.15, -0.1) is 0 Å². The molecule has 3 rings (SSSR count). The Labute approximate surface area is 122 Å². The van der Waals surface area contributed by atoms with Gasteiger partial charge in [-0.3, -0.25) is 0 Å². The molecule has 1 fully saturated rings. The molecule has 0 atom stereocenters. The van der Waals surface area contributed by atoms with Crippen molar-refractivity contribution >= 4 is 0 Å². The van der Waals surface area contributed by atoms with E-state index in [2.05, 4.69) is 49.3 Å². The Morgan fingerprint density at radius 3 is 2.90 bits per heavy atom. The van der Waals surface area contributed by atoms with Crippen LogP contribution in [0.1, 0.15) is 37.8 Å². The number of nitrogens with one attached hydrogen (secondary N) is 1. The first-order valence-electron chi connectivity index (χ1n) is 7.76. The van der Waals surface area contributed by atoms with Gasteiger partial charge in [0.15, 0.2) is 0 Å². The van der Waals surface area contributed by atoms with Crippen LogP contribution in [0.15, 0.2) is 18.2 Å². The summed E-state index contributed by atoms with van der Waals surface area (Å²) in [5, 5.41) is 3.55. The molecule has 1 heterocycles. The van der Waals surface area contributed by atoms with Crippen molar-refractivity contribution in [3.63, 3.8) is 0 Å². The number of likely N-dealkylation sites (N-methyl/N-ethyl adjacent to an activating group) is 1. The highest BCUT2D eigenvalue weighted by atomic mass is 16.5. The molecule has 2 aliphatic rings. The van der Waals surface area contributed by atoms with E-state index in [-0.39, 0.29) is 5.60 Å². The van der Waals surface area contributed by atoms with Crippen molar-refractivity contribution in [1.82, 2.24) is 10.2 Å². The van der Waals surface area contributed by atoms with E-state index in [4.69, 9.17) is 4.74 Å². The van der Waals surface area contributed by atoms with Gasteiger partial charge in [0, 0.05) is 37.7 Å². The standard InChI is InChI=1S/C17H26N2O/c1-17(2)11-13-5-4-6-14(16(13)20-17)12-18-9-10-19(3)15-7-8-15/h4-6,15,18H,7-12H2,1-3H3. The first-order valence-corrected chi connectivity index (χ1v) is 7.76. The van der Waals surface area contributed by atoms with Crippen LogP contribution in [0.3, 0.4) is 0 Å². The topological polar surface area (TPSA) is 24.5 Å². The highest BCUT2D eigenvalue weighted by Crippen LogP contribution is 2.37. The maximum absolute atomic E-state index is 6.10. The SMILES string of the molecule is CN(CCNCc1cccc2c1OC(C)(C)C2)C1CC1. The van der Waals surface area contributed by atoms with Crippen molar-refractivity contribution < 1.29 is 4.74 Å². The zero-order valence-electron chi connectivity index (χ0n) is 12.9. The predicted octanol–water partition coefficient (Wildman–Crippen LogP) is 2.58. The molecule has 3 nitrogen and oxygen atoms in total. The third-order valence-electron chi connectivity index (χ3n) is 4.30. The molecule has 0 bridgehead atoms. The fourth-order valence-electron chi connectivity index (χ4n) is 2.99.